The molecule has 1 heterocycles. The largest absolute Gasteiger partial charge is 0.416 e. The molecule has 2 aromatic rings. The van der Waals surface area contributed by atoms with Crippen molar-refractivity contribution in [2.75, 3.05) is 6.61 Å². The monoisotopic (exact) mass is 395 g/mol. The van der Waals surface area contributed by atoms with E-state index >= 15 is 0 Å². The summed E-state index contributed by atoms with van der Waals surface area (Å²) in [5.41, 5.74) is -0.0252. The molecule has 1 aliphatic rings. The van der Waals surface area contributed by atoms with Crippen LogP contribution in [0.25, 0.3) is 6.08 Å². The first-order valence-electron chi connectivity index (χ1n) is 7.85. The van der Waals surface area contributed by atoms with E-state index in [1.165, 1.54) is 6.08 Å². The smallest absolute Gasteiger partial charge is 0.344 e. The van der Waals surface area contributed by atoms with Gasteiger partial charge >= 0.3 is 6.18 Å². The van der Waals surface area contributed by atoms with Gasteiger partial charge in [-0.25, -0.2) is 4.90 Å². The molecular weight excluding hydrogens is 383 g/mol. The van der Waals surface area contributed by atoms with Crippen LogP contribution in [0, 0.1) is 0 Å². The average molecular weight is 396 g/mol. The molecule has 0 saturated carbocycles. The third-order valence-electron chi connectivity index (χ3n) is 3.92. The molecule has 0 unspecified atom stereocenters. The fourth-order valence-electron chi connectivity index (χ4n) is 2.61. The number of carbonyl (C=O) groups excluding carboxylic acids is 2. The molecule has 2 amide bonds. The minimum absolute atomic E-state index is 0.155. The Hall–Kier alpha value is -2.64. The number of benzene rings is 2. The van der Waals surface area contributed by atoms with Gasteiger partial charge in [-0.1, -0.05) is 48.0 Å². The second kappa shape index (κ2) is 7.54. The summed E-state index contributed by atoms with van der Waals surface area (Å²) < 4.78 is 43.4. The highest BCUT2D eigenvalue weighted by molar-refractivity contribution is 6.32. The first-order chi connectivity index (χ1) is 12.8. The van der Waals surface area contributed by atoms with Crippen molar-refractivity contribution in [1.82, 2.24) is 4.90 Å². The zero-order valence-electron chi connectivity index (χ0n) is 13.7. The average Bonchev–Trinajstić information content (AvgIpc) is 3.02. The maximum absolute atomic E-state index is 12.7. The van der Waals surface area contributed by atoms with Gasteiger partial charge < -0.3 is 4.74 Å². The third-order valence-corrected chi connectivity index (χ3v) is 4.25. The van der Waals surface area contributed by atoms with Gasteiger partial charge in [0.15, 0.2) is 6.23 Å². The maximum atomic E-state index is 12.7. The van der Waals surface area contributed by atoms with Crippen molar-refractivity contribution in [2.24, 2.45) is 0 Å². The fraction of sp³-hybridized carbons (Fsp3) is 0.158. The van der Waals surface area contributed by atoms with Crippen LogP contribution in [0.2, 0.25) is 5.02 Å². The quantitative estimate of drug-likeness (QED) is 0.721. The number of ether oxygens (including phenoxy) is 1. The van der Waals surface area contributed by atoms with Gasteiger partial charge in [0.05, 0.1) is 5.56 Å². The van der Waals surface area contributed by atoms with Crippen LogP contribution in [0.15, 0.2) is 54.6 Å². The number of imide groups is 1. The summed E-state index contributed by atoms with van der Waals surface area (Å²) >= 11 is 5.86. The van der Waals surface area contributed by atoms with Crippen molar-refractivity contribution in [3.8, 4) is 0 Å². The van der Waals surface area contributed by atoms with E-state index in [1.807, 2.05) is 0 Å². The van der Waals surface area contributed by atoms with E-state index in [2.05, 4.69) is 0 Å². The zero-order chi connectivity index (χ0) is 19.6. The molecule has 0 radical (unpaired) electrons. The summed E-state index contributed by atoms with van der Waals surface area (Å²) in [6, 6.07) is 11.5. The van der Waals surface area contributed by atoms with E-state index in [0.717, 1.165) is 29.2 Å². The van der Waals surface area contributed by atoms with Crippen molar-refractivity contribution in [2.45, 2.75) is 12.4 Å². The van der Waals surface area contributed by atoms with E-state index in [4.69, 9.17) is 16.3 Å². The first-order valence-corrected chi connectivity index (χ1v) is 8.22. The Morgan fingerprint density at radius 2 is 1.89 bits per heavy atom. The SMILES string of the molecule is O=C(/C=C/c1ccc(C(F)(F)F)cc1Cl)N1C(=O)CO[C@@H]1c1ccccc1. The molecule has 1 fully saturated rings. The van der Waals surface area contributed by atoms with Crippen molar-refractivity contribution < 1.29 is 27.5 Å². The van der Waals surface area contributed by atoms with Gasteiger partial charge in [-0.3, -0.25) is 9.59 Å². The second-order valence-electron chi connectivity index (χ2n) is 5.74. The Balaban J connectivity index is 1.81. The fourth-order valence-corrected chi connectivity index (χ4v) is 2.85. The van der Waals surface area contributed by atoms with Gasteiger partial charge in [0.25, 0.3) is 11.8 Å². The molecule has 3 rings (SSSR count). The Labute approximate surface area is 157 Å². The van der Waals surface area contributed by atoms with Crippen LogP contribution in [0.5, 0.6) is 0 Å². The van der Waals surface area contributed by atoms with Gasteiger partial charge in [0.1, 0.15) is 6.61 Å². The minimum atomic E-state index is -4.51. The summed E-state index contributed by atoms with van der Waals surface area (Å²) in [6.07, 6.45) is -3.02. The molecule has 8 heteroatoms. The van der Waals surface area contributed by atoms with Crippen LogP contribution in [0.1, 0.15) is 22.9 Å². The van der Waals surface area contributed by atoms with Crippen LogP contribution in [0.4, 0.5) is 13.2 Å². The lowest BCUT2D eigenvalue weighted by Gasteiger charge is -2.20. The molecule has 4 nitrogen and oxygen atoms in total. The predicted molar refractivity (Wildman–Crippen MR) is 92.5 cm³/mol. The number of rotatable bonds is 3. The van der Waals surface area contributed by atoms with Crippen LogP contribution in [0.3, 0.4) is 0 Å². The summed E-state index contributed by atoms with van der Waals surface area (Å²) in [4.78, 5) is 25.5. The highest BCUT2D eigenvalue weighted by Gasteiger charge is 2.36. The molecule has 0 bridgehead atoms. The Bertz CT molecular complexity index is 897. The Kier molecular flexibility index (Phi) is 5.34. The van der Waals surface area contributed by atoms with E-state index in [-0.39, 0.29) is 17.2 Å². The topological polar surface area (TPSA) is 46.6 Å². The predicted octanol–water partition coefficient (Wildman–Crippen LogP) is 4.46. The first kappa shape index (κ1) is 19.1. The van der Waals surface area contributed by atoms with Crippen molar-refractivity contribution in [1.29, 1.82) is 0 Å². The highest BCUT2D eigenvalue weighted by Crippen LogP contribution is 2.33. The molecule has 1 atom stereocenters. The van der Waals surface area contributed by atoms with Gasteiger partial charge in [0, 0.05) is 16.7 Å². The highest BCUT2D eigenvalue weighted by atomic mass is 35.5. The number of carbonyl (C=O) groups is 2. The molecule has 0 aromatic heterocycles. The minimum Gasteiger partial charge on any atom is -0.344 e. The van der Waals surface area contributed by atoms with E-state index in [0.29, 0.717) is 5.56 Å². The van der Waals surface area contributed by atoms with Crippen LogP contribution < -0.4 is 0 Å². The molecule has 140 valence electrons. The normalized spacial score (nSPS) is 17.7. The number of hydrogen-bond donors (Lipinski definition) is 0. The molecule has 2 aromatic carbocycles. The maximum Gasteiger partial charge on any atom is 0.416 e. The lowest BCUT2D eigenvalue weighted by Crippen LogP contribution is -2.33. The number of alkyl halides is 3. The molecule has 27 heavy (non-hydrogen) atoms. The number of nitrogens with zero attached hydrogens (tertiary/aromatic N) is 1. The van der Waals surface area contributed by atoms with Crippen LogP contribution >= 0.6 is 11.6 Å². The lowest BCUT2D eigenvalue weighted by atomic mass is 10.1. The molecular formula is C19H13ClF3NO3. The van der Waals surface area contributed by atoms with E-state index in [1.54, 1.807) is 30.3 Å². The van der Waals surface area contributed by atoms with Crippen LogP contribution in [-0.4, -0.2) is 23.3 Å². The van der Waals surface area contributed by atoms with Gasteiger partial charge in [-0.15, -0.1) is 0 Å². The van der Waals surface area contributed by atoms with Crippen molar-refractivity contribution >= 4 is 29.5 Å². The lowest BCUT2D eigenvalue weighted by molar-refractivity contribution is -0.142. The number of halogens is 4. The second-order valence-corrected chi connectivity index (χ2v) is 6.15. The van der Waals surface area contributed by atoms with Gasteiger partial charge in [0.2, 0.25) is 0 Å². The summed E-state index contributed by atoms with van der Waals surface area (Å²) in [5.74, 6) is -1.15. The van der Waals surface area contributed by atoms with Gasteiger partial charge in [-0.05, 0) is 23.8 Å². The molecule has 1 saturated heterocycles. The number of hydrogen-bond acceptors (Lipinski definition) is 3. The van der Waals surface area contributed by atoms with E-state index < -0.39 is 29.8 Å². The van der Waals surface area contributed by atoms with Gasteiger partial charge in [-0.2, -0.15) is 13.2 Å². The Morgan fingerprint density at radius 3 is 2.52 bits per heavy atom. The van der Waals surface area contributed by atoms with Crippen molar-refractivity contribution in [3.05, 3.63) is 76.3 Å². The van der Waals surface area contributed by atoms with Crippen molar-refractivity contribution in [3.63, 3.8) is 0 Å². The molecule has 0 N–H and O–H groups in total. The summed E-state index contributed by atoms with van der Waals surface area (Å²) in [7, 11) is 0. The third kappa shape index (κ3) is 4.20. The van der Waals surface area contributed by atoms with Crippen LogP contribution in [-0.2, 0) is 20.5 Å². The standard InChI is InChI=1S/C19H13ClF3NO3/c20-15-10-14(19(21,22)23)8-6-12(15)7-9-16(25)24-17(26)11-27-18(24)13-4-2-1-3-5-13/h1-10,18H,11H2/b9-7+/t18-/m1/s1. The zero-order valence-corrected chi connectivity index (χ0v) is 14.5. The summed E-state index contributed by atoms with van der Waals surface area (Å²) in [5, 5.41) is -0.155. The molecule has 0 spiro atoms. The van der Waals surface area contributed by atoms with E-state index in [9.17, 15) is 22.8 Å². The summed E-state index contributed by atoms with van der Waals surface area (Å²) in [6.45, 7) is -0.236. The Morgan fingerprint density at radius 1 is 1.19 bits per heavy atom. The number of amides is 2. The molecule has 0 aliphatic carbocycles. The molecule has 1 aliphatic heterocycles.